The van der Waals surface area contributed by atoms with Gasteiger partial charge in [-0.25, -0.2) is 0 Å². The van der Waals surface area contributed by atoms with Gasteiger partial charge in [-0.1, -0.05) is 59.1 Å². The molecule has 0 aliphatic heterocycles. The number of Topliss-reactive ketones (excluding diaryl/α,β-unsaturated/α-hetero) is 2. The standard InChI is InChI=1S/C46H41Cl5N8O7/c1-25(60)41(58-56-33-10-13-37(50)35(22-33)43(62)52-30-8-4-6-28(20-30)16-18-47)45(64)54-32-12-15-39(40(24-32)66-27(3)49)55-46(65)42(26(2)61)59-57-34-11-14-38(51)36(23-34)44(63)53-31-9-5-7-29(21-31)17-19-48/h4-15,20-24,27,41-42H,16-19H2,1-3H3,(H,52,62)(H,53,63)(H,54,64)(H,55,65). The van der Waals surface area contributed by atoms with E-state index in [1.165, 1.54) is 61.5 Å². The number of hydrogen-bond acceptors (Lipinski definition) is 11. The molecular weight excluding hydrogens is 954 g/mol. The molecule has 0 radical (unpaired) electrons. The van der Waals surface area contributed by atoms with E-state index in [0.29, 0.717) is 36.0 Å². The first kappa shape index (κ1) is 50.8. The number of azo groups is 2. The third-order valence-corrected chi connectivity index (χ3v) is 10.3. The molecule has 3 unspecified atom stereocenters. The number of ketones is 2. The maximum atomic E-state index is 13.5. The van der Waals surface area contributed by atoms with Gasteiger partial charge >= 0.3 is 0 Å². The molecular formula is C46H41Cl5N8O7. The van der Waals surface area contributed by atoms with E-state index in [4.69, 9.17) is 62.7 Å². The van der Waals surface area contributed by atoms with Gasteiger partial charge in [0.15, 0.2) is 17.1 Å². The minimum absolute atomic E-state index is 0.0248. The third-order valence-electron chi connectivity index (χ3n) is 9.17. The molecule has 0 bridgehead atoms. The van der Waals surface area contributed by atoms with E-state index in [2.05, 4.69) is 41.7 Å². The van der Waals surface area contributed by atoms with Crippen LogP contribution < -0.4 is 26.0 Å². The van der Waals surface area contributed by atoms with E-state index in [0.717, 1.165) is 25.0 Å². The molecule has 0 saturated heterocycles. The second kappa shape index (κ2) is 24.3. The average Bonchev–Trinajstić information content (AvgIpc) is 3.25. The van der Waals surface area contributed by atoms with Crippen LogP contribution in [-0.2, 0) is 32.0 Å². The summed E-state index contributed by atoms with van der Waals surface area (Å²) in [6.45, 7) is 3.81. The van der Waals surface area contributed by atoms with Crippen molar-refractivity contribution in [3.8, 4) is 5.75 Å². The molecule has 0 spiro atoms. The number of aryl methyl sites for hydroxylation is 2. The fraction of sp³-hybridized carbons (Fsp3) is 0.217. The lowest BCUT2D eigenvalue weighted by atomic mass is 10.1. The minimum atomic E-state index is -1.64. The zero-order valence-corrected chi connectivity index (χ0v) is 39.2. The van der Waals surface area contributed by atoms with Crippen molar-refractivity contribution in [1.82, 2.24) is 0 Å². The van der Waals surface area contributed by atoms with Gasteiger partial charge in [0.25, 0.3) is 23.6 Å². The number of benzene rings is 5. The third kappa shape index (κ3) is 14.6. The Kier molecular flexibility index (Phi) is 18.7. The number of alkyl halides is 3. The number of anilines is 4. The van der Waals surface area contributed by atoms with E-state index < -0.39 is 52.8 Å². The van der Waals surface area contributed by atoms with Crippen LogP contribution >= 0.6 is 58.0 Å². The molecule has 0 fully saturated rings. The van der Waals surface area contributed by atoms with Gasteiger partial charge in [0, 0.05) is 34.9 Å². The SMILES string of the molecule is CC(=O)C(N=Nc1ccc(Cl)c(C(=O)Nc2cccc(CCCl)c2)c1)C(=O)Nc1ccc(NC(=O)C(N=Nc2ccc(Cl)c(C(=O)Nc3cccc(CCCl)c3)c2)C(C)=O)c(OC(C)Cl)c1. The number of nitrogens with one attached hydrogen (secondary N) is 4. The molecule has 5 rings (SSSR count). The van der Waals surface area contributed by atoms with Crippen molar-refractivity contribution in [3.05, 3.63) is 135 Å². The van der Waals surface area contributed by atoms with Crippen LogP contribution in [-0.4, -0.2) is 64.6 Å². The number of carbonyl (C=O) groups excluding carboxylic acids is 6. The highest BCUT2D eigenvalue weighted by molar-refractivity contribution is 6.35. The first-order valence-corrected chi connectivity index (χ1v) is 22.2. The van der Waals surface area contributed by atoms with Gasteiger partial charge in [0.05, 0.1) is 38.2 Å². The van der Waals surface area contributed by atoms with Crippen molar-refractivity contribution in [3.63, 3.8) is 0 Å². The van der Waals surface area contributed by atoms with Crippen molar-refractivity contribution in [2.24, 2.45) is 20.5 Å². The molecule has 0 aromatic heterocycles. The number of amides is 4. The highest BCUT2D eigenvalue weighted by atomic mass is 35.5. The Labute approximate surface area is 404 Å². The van der Waals surface area contributed by atoms with Crippen LogP contribution in [0.15, 0.2) is 124 Å². The van der Waals surface area contributed by atoms with Crippen molar-refractivity contribution in [2.75, 3.05) is 33.0 Å². The molecule has 5 aromatic carbocycles. The summed E-state index contributed by atoms with van der Waals surface area (Å²) in [6, 6.07) is 23.7. The Bertz CT molecular complexity index is 2700. The van der Waals surface area contributed by atoms with Gasteiger partial charge in [0.1, 0.15) is 5.75 Å². The summed E-state index contributed by atoms with van der Waals surface area (Å²) >= 11 is 30.5. The Balaban J connectivity index is 1.28. The summed E-state index contributed by atoms with van der Waals surface area (Å²) in [5.41, 5.74) is 2.54. The fourth-order valence-corrected chi connectivity index (χ4v) is 6.94. The van der Waals surface area contributed by atoms with Gasteiger partial charge < -0.3 is 26.0 Å². The predicted molar refractivity (Wildman–Crippen MR) is 258 cm³/mol. The minimum Gasteiger partial charge on any atom is -0.473 e. The van der Waals surface area contributed by atoms with Crippen LogP contribution in [0.3, 0.4) is 0 Å². The lowest BCUT2D eigenvalue weighted by Gasteiger charge is -2.17. The predicted octanol–water partition coefficient (Wildman–Crippen LogP) is 11.4. The van der Waals surface area contributed by atoms with Crippen molar-refractivity contribution < 1.29 is 33.5 Å². The molecule has 0 aliphatic carbocycles. The van der Waals surface area contributed by atoms with E-state index >= 15 is 0 Å². The zero-order valence-electron chi connectivity index (χ0n) is 35.4. The smallest absolute Gasteiger partial charge is 0.258 e. The number of halogens is 5. The quantitative estimate of drug-likeness (QED) is 0.0336. The van der Waals surface area contributed by atoms with Gasteiger partial charge in [-0.15, -0.1) is 23.2 Å². The molecule has 5 aromatic rings. The summed E-state index contributed by atoms with van der Waals surface area (Å²) in [5, 5.41) is 27.0. The van der Waals surface area contributed by atoms with E-state index in [1.807, 2.05) is 12.1 Å². The zero-order chi connectivity index (χ0) is 47.9. The average molecular weight is 995 g/mol. The van der Waals surface area contributed by atoms with E-state index in [9.17, 15) is 28.8 Å². The molecule has 20 heteroatoms. The monoisotopic (exact) mass is 992 g/mol. The van der Waals surface area contributed by atoms with Crippen LogP contribution in [0.2, 0.25) is 10.0 Å². The van der Waals surface area contributed by atoms with Gasteiger partial charge in [-0.3, -0.25) is 28.8 Å². The molecule has 0 heterocycles. The van der Waals surface area contributed by atoms with Crippen molar-refractivity contribution >= 4 is 127 Å². The Morgan fingerprint density at radius 3 is 1.47 bits per heavy atom. The van der Waals surface area contributed by atoms with Crippen molar-refractivity contribution in [1.29, 1.82) is 0 Å². The summed E-state index contributed by atoms with van der Waals surface area (Å²) < 4.78 is 5.70. The molecule has 342 valence electrons. The number of ether oxygens (including phenoxy) is 1. The van der Waals surface area contributed by atoms with E-state index in [1.54, 1.807) is 36.4 Å². The Hall–Kier alpha value is -6.23. The lowest BCUT2D eigenvalue weighted by Crippen LogP contribution is -2.32. The number of carbonyl (C=O) groups is 6. The number of hydrogen-bond donors (Lipinski definition) is 4. The highest BCUT2D eigenvalue weighted by Gasteiger charge is 2.27. The second-order valence-corrected chi connectivity index (χ2v) is 16.5. The molecule has 66 heavy (non-hydrogen) atoms. The number of nitrogens with zero attached hydrogens (tertiary/aromatic N) is 4. The summed E-state index contributed by atoms with van der Waals surface area (Å²) in [5.74, 6) is -3.33. The van der Waals surface area contributed by atoms with Gasteiger partial charge in [-0.05, 0) is 118 Å². The summed E-state index contributed by atoms with van der Waals surface area (Å²) in [7, 11) is 0. The Morgan fingerprint density at radius 2 is 1.03 bits per heavy atom. The van der Waals surface area contributed by atoms with Crippen LogP contribution in [0.4, 0.5) is 34.1 Å². The van der Waals surface area contributed by atoms with Crippen LogP contribution in [0.25, 0.3) is 0 Å². The summed E-state index contributed by atoms with van der Waals surface area (Å²) in [6.07, 6.45) is 1.23. The van der Waals surface area contributed by atoms with Gasteiger partial charge in [0.2, 0.25) is 12.1 Å². The molecule has 3 atom stereocenters. The molecule has 0 aliphatic rings. The second-order valence-electron chi connectivity index (χ2n) is 14.3. The number of rotatable bonds is 20. The van der Waals surface area contributed by atoms with Crippen LogP contribution in [0.1, 0.15) is 52.6 Å². The first-order chi connectivity index (χ1) is 31.5. The fourth-order valence-electron chi connectivity index (χ4n) is 6.00. The molecule has 4 N–H and O–H groups in total. The van der Waals surface area contributed by atoms with Crippen LogP contribution in [0.5, 0.6) is 5.75 Å². The molecule has 15 nitrogen and oxygen atoms in total. The summed E-state index contributed by atoms with van der Waals surface area (Å²) in [4.78, 5) is 78.5. The largest absolute Gasteiger partial charge is 0.473 e. The molecule has 4 amide bonds. The van der Waals surface area contributed by atoms with Gasteiger partial charge in [-0.2, -0.15) is 20.5 Å². The van der Waals surface area contributed by atoms with Crippen LogP contribution in [0, 0.1) is 0 Å². The van der Waals surface area contributed by atoms with Crippen molar-refractivity contribution in [2.45, 2.75) is 51.3 Å². The van der Waals surface area contributed by atoms with E-state index in [-0.39, 0.29) is 49.7 Å². The maximum Gasteiger partial charge on any atom is 0.258 e. The Morgan fingerprint density at radius 1 is 0.576 bits per heavy atom. The lowest BCUT2D eigenvalue weighted by molar-refractivity contribution is -0.127. The topological polar surface area (TPSA) is 209 Å². The highest BCUT2D eigenvalue weighted by Crippen LogP contribution is 2.31. The normalized spacial score (nSPS) is 12.5. The molecule has 0 saturated carbocycles. The maximum absolute atomic E-state index is 13.5. The first-order valence-electron chi connectivity index (χ1n) is 20.0.